The summed E-state index contributed by atoms with van der Waals surface area (Å²) in [6.07, 6.45) is 0. The molecule has 3 N–H and O–H groups in total. The topological polar surface area (TPSA) is 111 Å². The molecule has 0 bridgehead atoms. The number of benzene rings is 1. The number of esters is 1. The van der Waals surface area contributed by atoms with Gasteiger partial charge in [0.15, 0.2) is 6.61 Å². The number of nitrogens with two attached hydrogens (primary N) is 1. The third-order valence-electron chi connectivity index (χ3n) is 2.78. The molecule has 2 aromatic rings. The van der Waals surface area contributed by atoms with Crippen LogP contribution in [-0.2, 0) is 15.3 Å². The summed E-state index contributed by atoms with van der Waals surface area (Å²) in [6.45, 7) is 1.35. The van der Waals surface area contributed by atoms with Crippen LogP contribution in [0.5, 0.6) is 0 Å². The molecule has 0 radical (unpaired) electrons. The van der Waals surface area contributed by atoms with Crippen molar-refractivity contribution in [3.05, 3.63) is 46.5 Å². The van der Waals surface area contributed by atoms with Gasteiger partial charge in [0.1, 0.15) is 4.34 Å². The quantitative estimate of drug-likeness (QED) is 0.599. The van der Waals surface area contributed by atoms with E-state index in [1.165, 1.54) is 11.8 Å². The highest BCUT2D eigenvalue weighted by molar-refractivity contribution is 8.00. The molecule has 0 unspecified atom stereocenters. The van der Waals surface area contributed by atoms with Gasteiger partial charge in [-0.2, -0.15) is 0 Å². The molecular formula is C15H15N3O4S2. The number of nitrogens with zero attached hydrogens (tertiary/aromatic N) is 1. The van der Waals surface area contributed by atoms with Crippen LogP contribution >= 0.6 is 23.1 Å². The van der Waals surface area contributed by atoms with E-state index in [9.17, 15) is 14.4 Å². The highest BCUT2D eigenvalue weighted by Crippen LogP contribution is 2.27. The minimum Gasteiger partial charge on any atom is -0.452 e. The van der Waals surface area contributed by atoms with E-state index in [0.29, 0.717) is 11.3 Å². The number of thioether (sulfide) groups is 1. The Morgan fingerprint density at radius 1 is 1.33 bits per heavy atom. The molecule has 0 aliphatic rings. The highest BCUT2D eigenvalue weighted by atomic mass is 32.2. The molecule has 2 rings (SSSR count). The molecule has 0 fully saturated rings. The van der Waals surface area contributed by atoms with Crippen LogP contribution in [0.4, 0.5) is 4.79 Å². The number of carbonyl (C=O) groups is 3. The average molecular weight is 365 g/mol. The lowest BCUT2D eigenvalue weighted by Gasteiger charge is -2.08. The maximum atomic E-state index is 12.1. The summed E-state index contributed by atoms with van der Waals surface area (Å²) in [7, 11) is 0. The first-order valence-corrected chi connectivity index (χ1v) is 8.71. The molecule has 1 aromatic carbocycles. The van der Waals surface area contributed by atoms with Crippen molar-refractivity contribution in [3.8, 4) is 0 Å². The normalized spacial score (nSPS) is 10.2. The number of thiazole rings is 1. The van der Waals surface area contributed by atoms with Crippen LogP contribution in [0, 0.1) is 6.92 Å². The molecule has 9 heteroatoms. The van der Waals surface area contributed by atoms with E-state index < -0.39 is 24.5 Å². The second kappa shape index (κ2) is 8.46. The summed E-state index contributed by atoms with van der Waals surface area (Å²) in [5, 5.41) is 3.78. The van der Waals surface area contributed by atoms with Gasteiger partial charge in [-0.1, -0.05) is 30.0 Å². The highest BCUT2D eigenvalue weighted by Gasteiger charge is 2.15. The van der Waals surface area contributed by atoms with E-state index in [0.717, 1.165) is 15.6 Å². The maximum Gasteiger partial charge on any atom is 0.338 e. The van der Waals surface area contributed by atoms with Crippen molar-refractivity contribution >= 4 is 41.0 Å². The second-order valence-electron chi connectivity index (χ2n) is 4.69. The van der Waals surface area contributed by atoms with Gasteiger partial charge in [-0.05, 0) is 18.6 Å². The molecule has 0 saturated carbocycles. The van der Waals surface area contributed by atoms with Crippen LogP contribution in [0.1, 0.15) is 21.6 Å². The number of nitrogens with one attached hydrogen (secondary N) is 1. The number of ether oxygens (including phenoxy) is 1. The predicted molar refractivity (Wildman–Crippen MR) is 90.9 cm³/mol. The van der Waals surface area contributed by atoms with E-state index in [4.69, 9.17) is 10.5 Å². The summed E-state index contributed by atoms with van der Waals surface area (Å²) in [6, 6.07) is 5.97. The van der Waals surface area contributed by atoms with E-state index in [2.05, 4.69) is 4.98 Å². The maximum absolute atomic E-state index is 12.1. The van der Waals surface area contributed by atoms with Crippen LogP contribution in [0.15, 0.2) is 34.0 Å². The Labute approximate surface area is 146 Å². The van der Waals surface area contributed by atoms with E-state index in [1.54, 1.807) is 23.5 Å². The number of hydrogen-bond acceptors (Lipinski definition) is 7. The second-order valence-corrected chi connectivity index (χ2v) is 6.77. The van der Waals surface area contributed by atoms with Crippen molar-refractivity contribution in [2.45, 2.75) is 17.0 Å². The number of urea groups is 1. The number of amides is 3. The Balaban J connectivity index is 1.98. The molecular weight excluding hydrogens is 350 g/mol. The van der Waals surface area contributed by atoms with Crippen LogP contribution in [-0.4, -0.2) is 29.5 Å². The molecule has 7 nitrogen and oxygen atoms in total. The third-order valence-corrected chi connectivity index (χ3v) is 4.97. The predicted octanol–water partition coefficient (Wildman–Crippen LogP) is 2.10. The van der Waals surface area contributed by atoms with Gasteiger partial charge in [-0.25, -0.2) is 14.6 Å². The van der Waals surface area contributed by atoms with Crippen LogP contribution < -0.4 is 11.1 Å². The Morgan fingerprint density at radius 2 is 2.08 bits per heavy atom. The number of hydrogen-bond donors (Lipinski definition) is 2. The minimum absolute atomic E-state index is 0.366. The van der Waals surface area contributed by atoms with Gasteiger partial charge in [0, 0.05) is 16.8 Å². The summed E-state index contributed by atoms with van der Waals surface area (Å²) in [4.78, 5) is 38.3. The van der Waals surface area contributed by atoms with Crippen molar-refractivity contribution in [1.29, 1.82) is 0 Å². The van der Waals surface area contributed by atoms with Gasteiger partial charge < -0.3 is 10.5 Å². The molecule has 126 valence electrons. The summed E-state index contributed by atoms with van der Waals surface area (Å²) in [5.41, 5.74) is 6.91. The molecule has 1 heterocycles. The van der Waals surface area contributed by atoms with Crippen molar-refractivity contribution in [3.63, 3.8) is 0 Å². The van der Waals surface area contributed by atoms with Gasteiger partial charge >= 0.3 is 12.0 Å². The SMILES string of the molecule is Cc1csc(SCc2ccccc2C(=O)OCC(=O)NC(N)=O)n1. The molecule has 0 spiro atoms. The molecule has 1 aromatic heterocycles. The number of imide groups is 1. The summed E-state index contributed by atoms with van der Waals surface area (Å²) < 4.78 is 5.82. The number of primary amides is 1. The summed E-state index contributed by atoms with van der Waals surface area (Å²) in [5.74, 6) is -0.867. The van der Waals surface area contributed by atoms with E-state index >= 15 is 0 Å². The molecule has 0 saturated heterocycles. The molecule has 24 heavy (non-hydrogen) atoms. The minimum atomic E-state index is -0.994. The largest absolute Gasteiger partial charge is 0.452 e. The van der Waals surface area contributed by atoms with Crippen molar-refractivity contribution in [2.24, 2.45) is 5.73 Å². The van der Waals surface area contributed by atoms with Gasteiger partial charge in [0.05, 0.1) is 5.56 Å². The van der Waals surface area contributed by atoms with Gasteiger partial charge in [-0.15, -0.1) is 11.3 Å². The smallest absolute Gasteiger partial charge is 0.338 e. The van der Waals surface area contributed by atoms with Crippen LogP contribution in [0.2, 0.25) is 0 Å². The Kier molecular flexibility index (Phi) is 6.33. The Morgan fingerprint density at radius 3 is 2.75 bits per heavy atom. The lowest BCUT2D eigenvalue weighted by molar-refractivity contribution is -0.123. The fourth-order valence-corrected chi connectivity index (χ4v) is 3.62. The van der Waals surface area contributed by atoms with Gasteiger partial charge in [-0.3, -0.25) is 10.1 Å². The first-order valence-electron chi connectivity index (χ1n) is 6.85. The van der Waals surface area contributed by atoms with Crippen molar-refractivity contribution in [2.75, 3.05) is 6.61 Å². The fraction of sp³-hybridized carbons (Fsp3) is 0.200. The Bertz CT molecular complexity index is 761. The lowest BCUT2D eigenvalue weighted by atomic mass is 10.1. The monoisotopic (exact) mass is 365 g/mol. The number of rotatable bonds is 6. The van der Waals surface area contributed by atoms with Gasteiger partial charge in [0.25, 0.3) is 5.91 Å². The standard InChI is InChI=1S/C15H15N3O4S2/c1-9-7-23-15(17-9)24-8-10-4-2-3-5-11(10)13(20)22-6-12(19)18-14(16)21/h2-5,7H,6,8H2,1H3,(H3,16,18,19,21). The van der Waals surface area contributed by atoms with Gasteiger partial charge in [0.2, 0.25) is 0 Å². The van der Waals surface area contributed by atoms with Crippen LogP contribution in [0.25, 0.3) is 0 Å². The van der Waals surface area contributed by atoms with Crippen molar-refractivity contribution in [1.82, 2.24) is 10.3 Å². The van der Waals surface area contributed by atoms with E-state index in [1.807, 2.05) is 29.8 Å². The number of carbonyl (C=O) groups excluding carboxylic acids is 3. The first kappa shape index (κ1) is 18.0. The zero-order valence-electron chi connectivity index (χ0n) is 12.8. The summed E-state index contributed by atoms with van der Waals surface area (Å²) >= 11 is 3.06. The zero-order chi connectivity index (χ0) is 17.5. The number of aromatic nitrogens is 1. The lowest BCUT2D eigenvalue weighted by Crippen LogP contribution is -2.37. The fourth-order valence-electron chi connectivity index (χ4n) is 1.77. The third kappa shape index (κ3) is 5.36. The molecule has 0 atom stereocenters. The zero-order valence-corrected chi connectivity index (χ0v) is 14.4. The molecule has 0 aliphatic heterocycles. The number of aryl methyl sites for hydroxylation is 1. The van der Waals surface area contributed by atoms with Crippen molar-refractivity contribution < 1.29 is 19.1 Å². The average Bonchev–Trinajstić information content (AvgIpc) is 2.96. The first-order chi connectivity index (χ1) is 11.5. The van der Waals surface area contributed by atoms with E-state index in [-0.39, 0.29) is 0 Å². The molecule has 0 aliphatic carbocycles. The Hall–Kier alpha value is -2.39. The molecule has 3 amide bonds. The van der Waals surface area contributed by atoms with Crippen LogP contribution in [0.3, 0.4) is 0 Å².